The molecule has 0 radical (unpaired) electrons. The van der Waals surface area contributed by atoms with Crippen LogP contribution in [0.4, 0.5) is 5.13 Å². The molecule has 1 aliphatic rings. The molecule has 1 heterocycles. The molecule has 2 N–H and O–H groups in total. The van der Waals surface area contributed by atoms with Gasteiger partial charge in [-0.2, -0.15) is 0 Å². The van der Waals surface area contributed by atoms with Crippen molar-refractivity contribution in [2.24, 2.45) is 11.3 Å². The van der Waals surface area contributed by atoms with Gasteiger partial charge in [-0.05, 0) is 18.3 Å². The standard InChI is InChI=1S/C14H18N2O2S/c1-14(2)7-3-6-11(14)12(18)16-13-15-9-10(19-13)5-4-8-17/h9,11,17H,3,6-8H2,1-2H3,(H,15,16,18). The van der Waals surface area contributed by atoms with E-state index >= 15 is 0 Å². The van der Waals surface area contributed by atoms with E-state index < -0.39 is 0 Å². The second kappa shape index (κ2) is 5.72. The van der Waals surface area contributed by atoms with Gasteiger partial charge in [0.05, 0.1) is 11.1 Å². The van der Waals surface area contributed by atoms with Crippen LogP contribution in [-0.2, 0) is 4.79 Å². The van der Waals surface area contributed by atoms with Crippen LogP contribution in [0.3, 0.4) is 0 Å². The Labute approximate surface area is 117 Å². The van der Waals surface area contributed by atoms with E-state index in [9.17, 15) is 4.79 Å². The molecule has 1 atom stereocenters. The number of amides is 1. The number of aliphatic hydroxyl groups excluding tert-OH is 1. The Balaban J connectivity index is 2.01. The first-order valence-corrected chi connectivity index (χ1v) is 7.21. The summed E-state index contributed by atoms with van der Waals surface area (Å²) in [7, 11) is 0. The van der Waals surface area contributed by atoms with Gasteiger partial charge in [-0.1, -0.05) is 43.4 Å². The second-order valence-corrected chi connectivity index (χ2v) is 6.44. The number of thiazole rings is 1. The summed E-state index contributed by atoms with van der Waals surface area (Å²) in [5.74, 6) is 5.45. The second-order valence-electron chi connectivity index (χ2n) is 5.41. The molecule has 5 heteroatoms. The highest BCUT2D eigenvalue weighted by Gasteiger charge is 2.39. The molecule has 0 aliphatic heterocycles. The average molecular weight is 278 g/mol. The van der Waals surface area contributed by atoms with E-state index in [2.05, 4.69) is 36.0 Å². The maximum Gasteiger partial charge on any atom is 0.229 e. The molecule has 2 rings (SSSR count). The molecule has 0 spiro atoms. The minimum atomic E-state index is -0.171. The Morgan fingerprint density at radius 2 is 2.47 bits per heavy atom. The molecule has 1 saturated carbocycles. The molecule has 19 heavy (non-hydrogen) atoms. The third-order valence-corrected chi connectivity index (χ3v) is 4.43. The average Bonchev–Trinajstić information content (AvgIpc) is 2.92. The zero-order valence-electron chi connectivity index (χ0n) is 11.2. The molecule has 1 aromatic heterocycles. The lowest BCUT2D eigenvalue weighted by molar-refractivity contribution is -0.122. The van der Waals surface area contributed by atoms with Crippen LogP contribution >= 0.6 is 11.3 Å². The maximum absolute atomic E-state index is 12.2. The number of hydrogen-bond donors (Lipinski definition) is 2. The van der Waals surface area contributed by atoms with Crippen molar-refractivity contribution in [1.29, 1.82) is 0 Å². The van der Waals surface area contributed by atoms with Gasteiger partial charge in [-0.15, -0.1) is 0 Å². The summed E-state index contributed by atoms with van der Waals surface area (Å²) < 4.78 is 0. The Morgan fingerprint density at radius 1 is 1.68 bits per heavy atom. The summed E-state index contributed by atoms with van der Waals surface area (Å²) in [6.07, 6.45) is 4.76. The van der Waals surface area contributed by atoms with E-state index in [0.29, 0.717) is 5.13 Å². The largest absolute Gasteiger partial charge is 0.384 e. The Hall–Kier alpha value is -1.38. The van der Waals surface area contributed by atoms with Crippen molar-refractivity contribution in [3.8, 4) is 11.8 Å². The molecule has 4 nitrogen and oxygen atoms in total. The van der Waals surface area contributed by atoms with Crippen LogP contribution in [0.2, 0.25) is 0 Å². The molecule has 1 amide bonds. The number of anilines is 1. The molecule has 1 unspecified atom stereocenters. The van der Waals surface area contributed by atoms with Crippen LogP contribution in [0.5, 0.6) is 0 Å². The van der Waals surface area contributed by atoms with E-state index in [1.165, 1.54) is 11.3 Å². The number of aliphatic hydroxyl groups is 1. The predicted octanol–water partition coefficient (Wildman–Crippen LogP) is 2.25. The molecule has 1 fully saturated rings. The van der Waals surface area contributed by atoms with Gasteiger partial charge in [0.25, 0.3) is 0 Å². The van der Waals surface area contributed by atoms with Gasteiger partial charge in [0.2, 0.25) is 5.91 Å². The smallest absolute Gasteiger partial charge is 0.229 e. The number of hydrogen-bond acceptors (Lipinski definition) is 4. The summed E-state index contributed by atoms with van der Waals surface area (Å²) >= 11 is 1.33. The Bertz CT molecular complexity index is 525. The molecule has 0 bridgehead atoms. The van der Waals surface area contributed by atoms with Gasteiger partial charge in [0, 0.05) is 5.92 Å². The van der Waals surface area contributed by atoms with Gasteiger partial charge < -0.3 is 10.4 Å². The fraction of sp³-hybridized carbons (Fsp3) is 0.571. The number of rotatable bonds is 2. The highest BCUT2D eigenvalue weighted by atomic mass is 32.1. The lowest BCUT2D eigenvalue weighted by Crippen LogP contribution is -2.30. The van der Waals surface area contributed by atoms with E-state index in [0.717, 1.165) is 24.1 Å². The molecular formula is C14H18N2O2S. The predicted molar refractivity (Wildman–Crippen MR) is 75.8 cm³/mol. The van der Waals surface area contributed by atoms with Gasteiger partial charge in [-0.25, -0.2) is 4.98 Å². The first-order valence-electron chi connectivity index (χ1n) is 6.39. The summed E-state index contributed by atoms with van der Waals surface area (Å²) in [5, 5.41) is 12.1. The third-order valence-electron chi connectivity index (χ3n) is 3.60. The van der Waals surface area contributed by atoms with Crippen LogP contribution in [-0.4, -0.2) is 22.6 Å². The van der Waals surface area contributed by atoms with E-state index in [1.807, 2.05) is 0 Å². The van der Waals surface area contributed by atoms with E-state index in [-0.39, 0.29) is 23.8 Å². The molecule has 1 aromatic rings. The zero-order valence-corrected chi connectivity index (χ0v) is 12.0. The van der Waals surface area contributed by atoms with Crippen LogP contribution in [0.25, 0.3) is 0 Å². The highest BCUT2D eigenvalue weighted by molar-refractivity contribution is 7.16. The summed E-state index contributed by atoms with van der Waals surface area (Å²) in [5.41, 5.74) is 0.0703. The highest BCUT2D eigenvalue weighted by Crippen LogP contribution is 2.43. The molecule has 0 aromatic carbocycles. The van der Waals surface area contributed by atoms with Crippen molar-refractivity contribution < 1.29 is 9.90 Å². The van der Waals surface area contributed by atoms with Crippen LogP contribution in [0.1, 0.15) is 38.0 Å². The van der Waals surface area contributed by atoms with Crippen LogP contribution in [0, 0.1) is 23.2 Å². The van der Waals surface area contributed by atoms with Crippen LogP contribution in [0.15, 0.2) is 6.20 Å². The van der Waals surface area contributed by atoms with E-state index in [1.54, 1.807) is 6.20 Å². The maximum atomic E-state index is 12.2. The zero-order chi connectivity index (χ0) is 13.9. The molecular weight excluding hydrogens is 260 g/mol. The van der Waals surface area contributed by atoms with Gasteiger partial charge >= 0.3 is 0 Å². The third kappa shape index (κ3) is 3.34. The minimum Gasteiger partial charge on any atom is -0.384 e. The number of carbonyl (C=O) groups is 1. The van der Waals surface area contributed by atoms with Crippen molar-refractivity contribution in [3.05, 3.63) is 11.1 Å². The first kappa shape index (κ1) is 14.0. The number of nitrogens with zero attached hydrogens (tertiary/aromatic N) is 1. The SMILES string of the molecule is CC1(C)CCCC1C(=O)Nc1ncc(C#CCO)s1. The monoisotopic (exact) mass is 278 g/mol. The van der Waals surface area contributed by atoms with Crippen LogP contribution < -0.4 is 5.32 Å². The molecule has 102 valence electrons. The summed E-state index contributed by atoms with van der Waals surface area (Å²) in [6.45, 7) is 4.12. The number of aromatic nitrogens is 1. The number of nitrogens with one attached hydrogen (secondary N) is 1. The van der Waals surface area contributed by atoms with Crippen molar-refractivity contribution in [2.75, 3.05) is 11.9 Å². The summed E-state index contributed by atoms with van der Waals surface area (Å²) in [6, 6.07) is 0. The van der Waals surface area contributed by atoms with Gasteiger partial charge in [0.1, 0.15) is 6.61 Å². The molecule has 1 aliphatic carbocycles. The first-order chi connectivity index (χ1) is 9.03. The topological polar surface area (TPSA) is 62.2 Å². The summed E-state index contributed by atoms with van der Waals surface area (Å²) in [4.78, 5) is 17.1. The normalized spacial score (nSPS) is 20.7. The Morgan fingerprint density at radius 3 is 3.11 bits per heavy atom. The van der Waals surface area contributed by atoms with Crippen molar-refractivity contribution in [3.63, 3.8) is 0 Å². The minimum absolute atomic E-state index is 0.0542. The fourth-order valence-electron chi connectivity index (χ4n) is 2.52. The van der Waals surface area contributed by atoms with Crippen molar-refractivity contribution in [1.82, 2.24) is 4.98 Å². The quantitative estimate of drug-likeness (QED) is 0.816. The lowest BCUT2D eigenvalue weighted by Gasteiger charge is -2.25. The number of carbonyl (C=O) groups excluding carboxylic acids is 1. The van der Waals surface area contributed by atoms with E-state index in [4.69, 9.17) is 5.11 Å². The molecule has 0 saturated heterocycles. The van der Waals surface area contributed by atoms with Crippen molar-refractivity contribution >= 4 is 22.4 Å². The Kier molecular flexibility index (Phi) is 4.23. The van der Waals surface area contributed by atoms with Gasteiger partial charge in [0.15, 0.2) is 5.13 Å². The fourth-order valence-corrected chi connectivity index (χ4v) is 3.22. The van der Waals surface area contributed by atoms with Gasteiger partial charge in [-0.3, -0.25) is 4.79 Å². The van der Waals surface area contributed by atoms with Crippen molar-refractivity contribution in [2.45, 2.75) is 33.1 Å². The lowest BCUT2D eigenvalue weighted by atomic mass is 9.81.